The topological polar surface area (TPSA) is 46.5 Å². The van der Waals surface area contributed by atoms with E-state index in [4.69, 9.17) is 4.74 Å². The minimum absolute atomic E-state index is 0.486. The van der Waals surface area contributed by atoms with E-state index in [1.165, 1.54) is 19.2 Å². The van der Waals surface area contributed by atoms with Crippen molar-refractivity contribution in [3.05, 3.63) is 53.6 Å². The van der Waals surface area contributed by atoms with Gasteiger partial charge < -0.3 is 9.84 Å². The number of carbonyl (C=O) groups is 1. The van der Waals surface area contributed by atoms with Crippen LogP contribution in [0.4, 0.5) is 13.2 Å². The fourth-order valence-corrected chi connectivity index (χ4v) is 3.17. The fourth-order valence-electron chi connectivity index (χ4n) is 3.17. The Bertz CT molecular complexity index is 791. The second-order valence-corrected chi connectivity index (χ2v) is 6.27. The molecule has 0 radical (unpaired) electrons. The standard InChI is InChI=1S/C19H17F3O3/c1-25-16-10-13(12-3-5-14(6-4-12)19(20,21)22)9-15(11-16)18(17(23)24)7-2-8-18/h3-6,9-11H,2,7-8H2,1H3,(H,23,24). The Balaban J connectivity index is 2.05. The molecule has 0 heterocycles. The van der Waals surface area contributed by atoms with Gasteiger partial charge in [-0.05, 0) is 59.9 Å². The summed E-state index contributed by atoms with van der Waals surface area (Å²) < 4.78 is 43.4. The number of rotatable bonds is 4. The second-order valence-electron chi connectivity index (χ2n) is 6.27. The van der Waals surface area contributed by atoms with E-state index in [2.05, 4.69) is 0 Å². The number of hydrogen-bond acceptors (Lipinski definition) is 2. The van der Waals surface area contributed by atoms with E-state index >= 15 is 0 Å². The average molecular weight is 350 g/mol. The quantitative estimate of drug-likeness (QED) is 0.854. The molecule has 0 saturated heterocycles. The number of halogens is 3. The Morgan fingerprint density at radius 2 is 1.72 bits per heavy atom. The van der Waals surface area contributed by atoms with E-state index in [1.807, 2.05) is 0 Å². The van der Waals surface area contributed by atoms with Gasteiger partial charge in [0.05, 0.1) is 18.1 Å². The molecule has 1 N–H and O–H groups in total. The molecule has 2 aromatic rings. The van der Waals surface area contributed by atoms with Gasteiger partial charge in [-0.25, -0.2) is 0 Å². The Hall–Kier alpha value is -2.50. The van der Waals surface area contributed by atoms with Gasteiger partial charge in [0.15, 0.2) is 0 Å². The molecule has 25 heavy (non-hydrogen) atoms. The van der Waals surface area contributed by atoms with E-state index in [0.29, 0.717) is 35.3 Å². The molecule has 0 spiro atoms. The lowest BCUT2D eigenvalue weighted by molar-refractivity contribution is -0.147. The minimum Gasteiger partial charge on any atom is -0.497 e. The van der Waals surface area contributed by atoms with Gasteiger partial charge in [0.25, 0.3) is 0 Å². The first-order valence-electron chi connectivity index (χ1n) is 7.87. The van der Waals surface area contributed by atoms with Crippen molar-refractivity contribution in [2.24, 2.45) is 0 Å². The molecular weight excluding hydrogens is 333 g/mol. The molecule has 1 fully saturated rings. The van der Waals surface area contributed by atoms with E-state index in [1.54, 1.807) is 18.2 Å². The van der Waals surface area contributed by atoms with Crippen LogP contribution in [0.2, 0.25) is 0 Å². The Morgan fingerprint density at radius 3 is 2.16 bits per heavy atom. The Morgan fingerprint density at radius 1 is 1.08 bits per heavy atom. The monoisotopic (exact) mass is 350 g/mol. The smallest absolute Gasteiger partial charge is 0.416 e. The Kier molecular flexibility index (Phi) is 4.22. The van der Waals surface area contributed by atoms with Crippen molar-refractivity contribution in [2.45, 2.75) is 30.9 Å². The number of benzene rings is 2. The van der Waals surface area contributed by atoms with Gasteiger partial charge in [0, 0.05) is 0 Å². The number of methoxy groups -OCH3 is 1. The zero-order valence-corrected chi connectivity index (χ0v) is 13.6. The molecule has 1 aliphatic carbocycles. The number of aliphatic carboxylic acids is 1. The maximum Gasteiger partial charge on any atom is 0.416 e. The third kappa shape index (κ3) is 3.08. The van der Waals surface area contributed by atoms with Gasteiger partial charge in [0.1, 0.15) is 5.75 Å². The van der Waals surface area contributed by atoms with Crippen molar-refractivity contribution in [1.29, 1.82) is 0 Å². The molecule has 1 aliphatic rings. The van der Waals surface area contributed by atoms with Crippen molar-refractivity contribution < 1.29 is 27.8 Å². The van der Waals surface area contributed by atoms with Gasteiger partial charge in [-0.15, -0.1) is 0 Å². The zero-order valence-electron chi connectivity index (χ0n) is 13.6. The largest absolute Gasteiger partial charge is 0.497 e. The summed E-state index contributed by atoms with van der Waals surface area (Å²) in [7, 11) is 1.48. The van der Waals surface area contributed by atoms with Gasteiger partial charge >= 0.3 is 12.1 Å². The van der Waals surface area contributed by atoms with Crippen molar-refractivity contribution in [1.82, 2.24) is 0 Å². The molecule has 3 rings (SSSR count). The number of alkyl halides is 3. The lowest BCUT2D eigenvalue weighted by atomic mass is 9.64. The third-order valence-corrected chi connectivity index (χ3v) is 4.86. The summed E-state index contributed by atoms with van der Waals surface area (Å²) in [5, 5.41) is 9.62. The predicted molar refractivity (Wildman–Crippen MR) is 86.6 cm³/mol. The maximum atomic E-state index is 12.7. The molecular formula is C19H17F3O3. The number of carboxylic acids is 1. The summed E-state index contributed by atoms with van der Waals surface area (Å²) in [5.74, 6) is -0.398. The number of hydrogen-bond donors (Lipinski definition) is 1. The lowest BCUT2D eigenvalue weighted by Crippen LogP contribution is -2.42. The van der Waals surface area contributed by atoms with Crippen LogP contribution in [0.5, 0.6) is 5.75 Å². The van der Waals surface area contributed by atoms with Gasteiger partial charge in [-0.2, -0.15) is 13.2 Å². The van der Waals surface area contributed by atoms with E-state index in [-0.39, 0.29) is 0 Å². The molecule has 0 amide bonds. The molecule has 0 bridgehead atoms. The van der Waals surface area contributed by atoms with Crippen LogP contribution in [-0.2, 0) is 16.4 Å². The van der Waals surface area contributed by atoms with Crippen LogP contribution in [0.1, 0.15) is 30.4 Å². The molecule has 0 atom stereocenters. The molecule has 0 unspecified atom stereocenters. The Labute approximate surface area is 143 Å². The first-order valence-corrected chi connectivity index (χ1v) is 7.87. The van der Waals surface area contributed by atoms with Crippen LogP contribution in [0.3, 0.4) is 0 Å². The van der Waals surface area contributed by atoms with Gasteiger partial charge in [-0.3, -0.25) is 4.79 Å². The van der Waals surface area contributed by atoms with Crippen LogP contribution in [0, 0.1) is 0 Å². The van der Waals surface area contributed by atoms with Gasteiger partial charge in [0.2, 0.25) is 0 Å². The van der Waals surface area contributed by atoms with E-state index in [9.17, 15) is 23.1 Å². The normalized spacial score (nSPS) is 16.2. The minimum atomic E-state index is -4.39. The van der Waals surface area contributed by atoms with Crippen molar-refractivity contribution >= 4 is 5.97 Å². The van der Waals surface area contributed by atoms with Crippen molar-refractivity contribution in [2.75, 3.05) is 7.11 Å². The molecule has 132 valence electrons. The summed E-state index contributed by atoms with van der Waals surface area (Å²) in [6.45, 7) is 0. The van der Waals surface area contributed by atoms with Gasteiger partial charge in [-0.1, -0.05) is 18.6 Å². The summed E-state index contributed by atoms with van der Waals surface area (Å²) in [6.07, 6.45) is -2.47. The summed E-state index contributed by atoms with van der Waals surface area (Å²) in [4.78, 5) is 11.7. The van der Waals surface area contributed by atoms with Crippen molar-refractivity contribution in [3.63, 3.8) is 0 Å². The summed E-state index contributed by atoms with van der Waals surface area (Å²) in [5.41, 5.74) is 0.180. The predicted octanol–water partition coefficient (Wildman–Crippen LogP) is 4.89. The molecule has 0 aromatic heterocycles. The van der Waals surface area contributed by atoms with Crippen molar-refractivity contribution in [3.8, 4) is 16.9 Å². The summed E-state index contributed by atoms with van der Waals surface area (Å²) >= 11 is 0. The summed E-state index contributed by atoms with van der Waals surface area (Å²) in [6, 6.07) is 9.93. The van der Waals surface area contributed by atoms with Crippen LogP contribution in [0.15, 0.2) is 42.5 Å². The second kappa shape index (κ2) is 6.10. The van der Waals surface area contributed by atoms with Crippen LogP contribution >= 0.6 is 0 Å². The maximum absolute atomic E-state index is 12.7. The molecule has 6 heteroatoms. The number of ether oxygens (including phenoxy) is 1. The van der Waals surface area contributed by atoms with E-state index < -0.39 is 23.1 Å². The molecule has 1 saturated carbocycles. The first kappa shape index (κ1) is 17.3. The highest BCUT2D eigenvalue weighted by molar-refractivity contribution is 5.84. The number of carboxylic acid groups (broad SMARTS) is 1. The highest BCUT2D eigenvalue weighted by atomic mass is 19.4. The van der Waals surface area contributed by atoms with Crippen LogP contribution in [0.25, 0.3) is 11.1 Å². The highest BCUT2D eigenvalue weighted by Gasteiger charge is 2.46. The molecule has 3 nitrogen and oxygen atoms in total. The third-order valence-electron chi connectivity index (χ3n) is 4.86. The van der Waals surface area contributed by atoms with E-state index in [0.717, 1.165) is 18.6 Å². The average Bonchev–Trinajstić information content (AvgIpc) is 2.52. The zero-order chi connectivity index (χ0) is 18.2. The molecule has 0 aliphatic heterocycles. The first-order chi connectivity index (χ1) is 11.8. The lowest BCUT2D eigenvalue weighted by Gasteiger charge is -2.38. The SMILES string of the molecule is COc1cc(-c2ccc(C(F)(F)F)cc2)cc(C2(C(=O)O)CCC2)c1. The van der Waals surface area contributed by atoms with Crippen LogP contribution < -0.4 is 4.74 Å². The molecule has 2 aromatic carbocycles. The highest BCUT2D eigenvalue weighted by Crippen LogP contribution is 2.46. The van der Waals surface area contributed by atoms with Crippen LogP contribution in [-0.4, -0.2) is 18.2 Å². The fraction of sp³-hybridized carbons (Fsp3) is 0.316.